The molecule has 0 aromatic heterocycles. The Morgan fingerprint density at radius 1 is 1.27 bits per heavy atom. The van der Waals surface area contributed by atoms with Gasteiger partial charge in [-0.2, -0.15) is 0 Å². The highest BCUT2D eigenvalue weighted by molar-refractivity contribution is 6.32. The summed E-state index contributed by atoms with van der Waals surface area (Å²) in [5.41, 5.74) is 1.34. The Morgan fingerprint density at radius 3 is 2.85 bits per heavy atom. The number of benzene rings is 2. The van der Waals surface area contributed by atoms with Crippen molar-refractivity contribution in [3.8, 4) is 23.0 Å². The minimum absolute atomic E-state index is 0.187. The van der Waals surface area contributed by atoms with E-state index < -0.39 is 0 Å². The quantitative estimate of drug-likeness (QED) is 0.769. The number of methoxy groups -OCH3 is 1. The molecule has 26 heavy (non-hydrogen) atoms. The third-order valence-electron chi connectivity index (χ3n) is 3.61. The molecular weight excluding hydrogens is 358 g/mol. The van der Waals surface area contributed by atoms with Crippen molar-refractivity contribution in [2.75, 3.05) is 25.8 Å². The van der Waals surface area contributed by atoms with E-state index in [9.17, 15) is 4.79 Å². The second kappa shape index (κ2) is 8.01. The third kappa shape index (κ3) is 4.03. The maximum Gasteiger partial charge on any atom is 0.248 e. The number of nitrogens with one attached hydrogen (secondary N) is 1. The lowest BCUT2D eigenvalue weighted by Gasteiger charge is -2.11. The van der Waals surface area contributed by atoms with Gasteiger partial charge in [0.2, 0.25) is 12.7 Å². The lowest BCUT2D eigenvalue weighted by molar-refractivity contribution is -0.111. The van der Waals surface area contributed by atoms with Crippen LogP contribution in [0.4, 0.5) is 5.69 Å². The number of anilines is 1. The summed E-state index contributed by atoms with van der Waals surface area (Å²) in [6.45, 7) is 2.53. The number of hydrogen-bond donors (Lipinski definition) is 1. The zero-order valence-corrected chi connectivity index (χ0v) is 15.1. The Morgan fingerprint density at radius 2 is 2.08 bits per heavy atom. The van der Waals surface area contributed by atoms with Crippen LogP contribution >= 0.6 is 11.6 Å². The van der Waals surface area contributed by atoms with Crippen LogP contribution in [0.1, 0.15) is 12.5 Å². The van der Waals surface area contributed by atoms with Crippen LogP contribution in [0.15, 0.2) is 36.4 Å². The number of ether oxygens (including phenoxy) is 4. The highest BCUT2D eigenvalue weighted by Crippen LogP contribution is 2.37. The monoisotopic (exact) mass is 375 g/mol. The molecule has 7 heteroatoms. The molecule has 0 fully saturated rings. The average molecular weight is 376 g/mol. The summed E-state index contributed by atoms with van der Waals surface area (Å²) < 4.78 is 21.3. The number of carbonyl (C=O) groups is 1. The van der Waals surface area contributed by atoms with Gasteiger partial charge in [-0.05, 0) is 42.8 Å². The van der Waals surface area contributed by atoms with Gasteiger partial charge in [0.25, 0.3) is 0 Å². The summed E-state index contributed by atoms with van der Waals surface area (Å²) in [6, 6.07) is 8.67. The van der Waals surface area contributed by atoms with Gasteiger partial charge in [-0.15, -0.1) is 0 Å². The summed E-state index contributed by atoms with van der Waals surface area (Å²) in [4.78, 5) is 12.1. The van der Waals surface area contributed by atoms with Gasteiger partial charge >= 0.3 is 0 Å². The average Bonchev–Trinajstić information content (AvgIpc) is 3.09. The van der Waals surface area contributed by atoms with Gasteiger partial charge < -0.3 is 24.3 Å². The first-order valence-corrected chi connectivity index (χ1v) is 8.37. The van der Waals surface area contributed by atoms with Gasteiger partial charge in [-0.25, -0.2) is 0 Å². The standard InChI is InChI=1S/C19H18ClNO5/c1-3-24-19-14(20)8-12(9-17(19)23-2)4-7-18(22)21-13-5-6-15-16(10-13)26-11-25-15/h4-10H,3,11H2,1-2H3,(H,21,22)/b7-4+. The zero-order valence-electron chi connectivity index (χ0n) is 14.4. The largest absolute Gasteiger partial charge is 0.493 e. The highest BCUT2D eigenvalue weighted by Gasteiger charge is 2.14. The molecule has 3 rings (SSSR count). The van der Waals surface area contributed by atoms with Gasteiger partial charge in [-0.3, -0.25) is 4.79 Å². The molecule has 0 bridgehead atoms. The molecule has 0 saturated carbocycles. The molecular formula is C19H18ClNO5. The number of hydrogen-bond acceptors (Lipinski definition) is 5. The van der Waals surface area contributed by atoms with E-state index in [0.29, 0.717) is 40.3 Å². The van der Waals surface area contributed by atoms with Gasteiger partial charge in [0.15, 0.2) is 23.0 Å². The van der Waals surface area contributed by atoms with Gasteiger partial charge in [0.05, 0.1) is 18.7 Å². The van der Waals surface area contributed by atoms with Gasteiger partial charge in [-0.1, -0.05) is 11.6 Å². The SMILES string of the molecule is CCOc1c(Cl)cc(/C=C/C(=O)Nc2ccc3c(c2)OCO3)cc1OC. The van der Waals surface area contributed by atoms with E-state index in [4.69, 9.17) is 30.5 Å². The van der Waals surface area contributed by atoms with Crippen molar-refractivity contribution in [1.82, 2.24) is 0 Å². The van der Waals surface area contributed by atoms with Crippen LogP contribution in [0.3, 0.4) is 0 Å². The minimum atomic E-state index is -0.284. The van der Waals surface area contributed by atoms with Crippen molar-refractivity contribution < 1.29 is 23.7 Å². The van der Waals surface area contributed by atoms with Crippen LogP contribution in [-0.4, -0.2) is 26.4 Å². The van der Waals surface area contributed by atoms with E-state index in [2.05, 4.69) is 5.32 Å². The van der Waals surface area contributed by atoms with Crippen LogP contribution < -0.4 is 24.3 Å². The van der Waals surface area contributed by atoms with Crippen LogP contribution in [0.2, 0.25) is 5.02 Å². The Hall–Kier alpha value is -2.86. The van der Waals surface area contributed by atoms with Crippen molar-refractivity contribution in [3.63, 3.8) is 0 Å². The molecule has 1 aliphatic heterocycles. The maximum atomic E-state index is 12.1. The first-order valence-electron chi connectivity index (χ1n) is 7.99. The molecule has 6 nitrogen and oxygen atoms in total. The lowest BCUT2D eigenvalue weighted by atomic mass is 10.2. The highest BCUT2D eigenvalue weighted by atomic mass is 35.5. The van der Waals surface area contributed by atoms with Crippen molar-refractivity contribution in [1.29, 1.82) is 0 Å². The molecule has 0 atom stereocenters. The van der Waals surface area contributed by atoms with Crippen molar-refractivity contribution in [3.05, 3.63) is 47.0 Å². The van der Waals surface area contributed by atoms with Crippen LogP contribution in [0.25, 0.3) is 6.08 Å². The molecule has 2 aromatic carbocycles. The summed E-state index contributed by atoms with van der Waals surface area (Å²) >= 11 is 6.23. The third-order valence-corrected chi connectivity index (χ3v) is 3.89. The molecule has 2 aromatic rings. The van der Waals surface area contributed by atoms with Crippen LogP contribution in [0, 0.1) is 0 Å². The minimum Gasteiger partial charge on any atom is -0.493 e. The first-order chi connectivity index (χ1) is 12.6. The Kier molecular flexibility index (Phi) is 5.53. The molecule has 1 amide bonds. The van der Waals surface area contributed by atoms with E-state index in [0.717, 1.165) is 5.56 Å². The predicted octanol–water partition coefficient (Wildman–Crippen LogP) is 4.13. The first kappa shape index (κ1) is 17.9. The van der Waals surface area contributed by atoms with E-state index >= 15 is 0 Å². The lowest BCUT2D eigenvalue weighted by Crippen LogP contribution is -2.07. The Bertz CT molecular complexity index is 850. The van der Waals surface area contributed by atoms with E-state index in [1.165, 1.54) is 13.2 Å². The fourth-order valence-electron chi connectivity index (χ4n) is 2.45. The summed E-state index contributed by atoms with van der Waals surface area (Å²) in [5.74, 6) is 1.98. The van der Waals surface area contributed by atoms with Crippen LogP contribution in [-0.2, 0) is 4.79 Å². The molecule has 1 N–H and O–H groups in total. The van der Waals surface area contributed by atoms with Crippen LogP contribution in [0.5, 0.6) is 23.0 Å². The zero-order chi connectivity index (χ0) is 18.5. The molecule has 1 heterocycles. The molecule has 0 aliphatic carbocycles. The summed E-state index contributed by atoms with van der Waals surface area (Å²) in [6.07, 6.45) is 3.06. The molecule has 0 saturated heterocycles. The second-order valence-corrected chi connectivity index (χ2v) is 5.76. The van der Waals surface area contributed by atoms with Gasteiger partial charge in [0.1, 0.15) is 0 Å². The number of fused-ring (bicyclic) bond motifs is 1. The number of rotatable bonds is 6. The molecule has 0 spiro atoms. The normalized spacial score (nSPS) is 12.3. The predicted molar refractivity (Wildman–Crippen MR) is 99.4 cm³/mol. The van der Waals surface area contributed by atoms with Gasteiger partial charge in [0, 0.05) is 17.8 Å². The Labute approximate surface area is 156 Å². The van der Waals surface area contributed by atoms with Crippen molar-refractivity contribution >= 4 is 29.3 Å². The number of carbonyl (C=O) groups excluding carboxylic acids is 1. The topological polar surface area (TPSA) is 66.0 Å². The summed E-state index contributed by atoms with van der Waals surface area (Å²) in [7, 11) is 1.54. The number of amides is 1. The van der Waals surface area contributed by atoms with E-state index in [-0.39, 0.29) is 12.7 Å². The van der Waals surface area contributed by atoms with E-state index in [1.54, 1.807) is 36.4 Å². The fraction of sp³-hybridized carbons (Fsp3) is 0.211. The second-order valence-electron chi connectivity index (χ2n) is 5.36. The number of halogens is 1. The van der Waals surface area contributed by atoms with E-state index in [1.807, 2.05) is 6.92 Å². The smallest absolute Gasteiger partial charge is 0.248 e. The maximum absolute atomic E-state index is 12.1. The van der Waals surface area contributed by atoms with Crippen molar-refractivity contribution in [2.24, 2.45) is 0 Å². The fourth-order valence-corrected chi connectivity index (χ4v) is 2.72. The molecule has 136 valence electrons. The Balaban J connectivity index is 1.71. The molecule has 1 aliphatic rings. The molecule has 0 unspecified atom stereocenters. The summed E-state index contributed by atoms with van der Waals surface area (Å²) in [5, 5.41) is 3.19. The van der Waals surface area contributed by atoms with Crippen molar-refractivity contribution in [2.45, 2.75) is 6.92 Å². The molecule has 0 radical (unpaired) electrons.